The first-order valence-corrected chi connectivity index (χ1v) is 5.77. The van der Waals surface area contributed by atoms with Gasteiger partial charge in [-0.3, -0.25) is 10.1 Å². The van der Waals surface area contributed by atoms with Crippen LogP contribution in [0, 0.1) is 24.0 Å². The van der Waals surface area contributed by atoms with Gasteiger partial charge in [0.1, 0.15) is 5.75 Å². The minimum absolute atomic E-state index is 0.0431. The number of hydrogen-bond donors (Lipinski definition) is 0. The van der Waals surface area contributed by atoms with Gasteiger partial charge in [-0.05, 0) is 37.1 Å². The maximum atomic E-state index is 10.7. The lowest BCUT2D eigenvalue weighted by Gasteiger charge is -2.09. The Morgan fingerprint density at radius 1 is 1.32 bits per heavy atom. The standard InChI is InChI=1S/C12H10ClN3O3/c1-7-3-4-9(16(17)18)5-10(7)19-11-8(2)6-14-12(13)15-11/h3-6H,1-2H3. The molecule has 0 atom stereocenters. The normalized spacial score (nSPS) is 10.3. The SMILES string of the molecule is Cc1ccc([N+](=O)[O-])cc1Oc1nc(Cl)ncc1C. The highest BCUT2D eigenvalue weighted by Crippen LogP contribution is 2.29. The monoisotopic (exact) mass is 279 g/mol. The van der Waals surface area contributed by atoms with Crippen molar-refractivity contribution in [3.63, 3.8) is 0 Å². The van der Waals surface area contributed by atoms with E-state index in [1.54, 1.807) is 19.9 Å². The molecule has 0 fully saturated rings. The predicted octanol–water partition coefficient (Wildman–Crippen LogP) is 3.45. The number of aromatic nitrogens is 2. The molecule has 0 saturated carbocycles. The zero-order valence-electron chi connectivity index (χ0n) is 10.3. The molecule has 2 aromatic rings. The van der Waals surface area contributed by atoms with E-state index in [1.165, 1.54) is 18.3 Å². The summed E-state index contributed by atoms with van der Waals surface area (Å²) in [7, 11) is 0. The molecule has 0 unspecified atom stereocenters. The molecule has 1 heterocycles. The van der Waals surface area contributed by atoms with Crippen LogP contribution in [-0.4, -0.2) is 14.9 Å². The number of aryl methyl sites for hydroxylation is 2. The van der Waals surface area contributed by atoms with Crippen LogP contribution in [0.25, 0.3) is 0 Å². The van der Waals surface area contributed by atoms with Crippen LogP contribution in [0.1, 0.15) is 11.1 Å². The molecule has 1 aromatic heterocycles. The molecule has 0 spiro atoms. The van der Waals surface area contributed by atoms with Crippen LogP contribution in [-0.2, 0) is 0 Å². The first-order valence-electron chi connectivity index (χ1n) is 5.39. The molecule has 98 valence electrons. The largest absolute Gasteiger partial charge is 0.438 e. The van der Waals surface area contributed by atoms with E-state index in [2.05, 4.69) is 9.97 Å². The Hall–Kier alpha value is -2.21. The summed E-state index contributed by atoms with van der Waals surface area (Å²) in [5, 5.41) is 10.8. The number of non-ortho nitro benzene ring substituents is 1. The molecule has 0 bridgehead atoms. The highest BCUT2D eigenvalue weighted by Gasteiger charge is 2.12. The zero-order chi connectivity index (χ0) is 14.0. The average Bonchev–Trinajstić information content (AvgIpc) is 2.36. The molecule has 1 aromatic carbocycles. The van der Waals surface area contributed by atoms with E-state index in [1.807, 2.05) is 0 Å². The van der Waals surface area contributed by atoms with E-state index in [9.17, 15) is 10.1 Å². The highest BCUT2D eigenvalue weighted by molar-refractivity contribution is 6.28. The molecule has 7 heteroatoms. The summed E-state index contributed by atoms with van der Waals surface area (Å²) in [6.07, 6.45) is 1.53. The minimum Gasteiger partial charge on any atom is -0.438 e. The Morgan fingerprint density at radius 2 is 2.05 bits per heavy atom. The van der Waals surface area contributed by atoms with Crippen molar-refractivity contribution in [1.29, 1.82) is 0 Å². The van der Waals surface area contributed by atoms with Crippen molar-refractivity contribution in [3.05, 3.63) is 50.9 Å². The van der Waals surface area contributed by atoms with Crippen LogP contribution in [0.5, 0.6) is 11.6 Å². The van der Waals surface area contributed by atoms with Crippen molar-refractivity contribution in [2.45, 2.75) is 13.8 Å². The Balaban J connectivity index is 2.40. The van der Waals surface area contributed by atoms with Gasteiger partial charge in [0.25, 0.3) is 5.69 Å². The first-order chi connectivity index (χ1) is 8.97. The molecule has 0 radical (unpaired) electrons. The second-order valence-corrected chi connectivity index (χ2v) is 4.27. The van der Waals surface area contributed by atoms with Crippen molar-refractivity contribution < 1.29 is 9.66 Å². The Morgan fingerprint density at radius 3 is 2.74 bits per heavy atom. The van der Waals surface area contributed by atoms with Crippen LogP contribution in [0.15, 0.2) is 24.4 Å². The summed E-state index contributed by atoms with van der Waals surface area (Å²) in [6.45, 7) is 3.55. The Kier molecular flexibility index (Phi) is 3.62. The van der Waals surface area contributed by atoms with E-state index in [0.717, 1.165) is 5.56 Å². The van der Waals surface area contributed by atoms with Crippen LogP contribution in [0.2, 0.25) is 5.28 Å². The van der Waals surface area contributed by atoms with Crippen LogP contribution in [0.4, 0.5) is 5.69 Å². The molecule has 2 rings (SSSR count). The molecule has 0 amide bonds. The van der Waals surface area contributed by atoms with Crippen LogP contribution in [0.3, 0.4) is 0 Å². The predicted molar refractivity (Wildman–Crippen MR) is 69.7 cm³/mol. The van der Waals surface area contributed by atoms with Gasteiger partial charge in [-0.2, -0.15) is 4.98 Å². The number of nitro groups is 1. The highest BCUT2D eigenvalue weighted by atomic mass is 35.5. The lowest BCUT2D eigenvalue weighted by Crippen LogP contribution is -1.96. The minimum atomic E-state index is -0.480. The smallest absolute Gasteiger partial charge is 0.273 e. The second-order valence-electron chi connectivity index (χ2n) is 3.94. The first kappa shape index (κ1) is 13.2. The lowest BCUT2D eigenvalue weighted by atomic mass is 10.2. The van der Waals surface area contributed by atoms with Gasteiger partial charge >= 0.3 is 0 Å². The molecule has 19 heavy (non-hydrogen) atoms. The Labute approximate surface area is 114 Å². The van der Waals surface area contributed by atoms with Crippen LogP contribution >= 0.6 is 11.6 Å². The van der Waals surface area contributed by atoms with Gasteiger partial charge in [0.05, 0.1) is 11.0 Å². The summed E-state index contributed by atoms with van der Waals surface area (Å²) >= 11 is 5.69. The molecule has 0 aliphatic rings. The van der Waals surface area contributed by atoms with Gasteiger partial charge in [-0.1, -0.05) is 0 Å². The van der Waals surface area contributed by atoms with Gasteiger partial charge in [0.2, 0.25) is 11.2 Å². The molecule has 0 aliphatic carbocycles. The van der Waals surface area contributed by atoms with Crippen molar-refractivity contribution in [3.8, 4) is 11.6 Å². The fourth-order valence-electron chi connectivity index (χ4n) is 1.43. The van der Waals surface area contributed by atoms with Gasteiger partial charge in [-0.25, -0.2) is 4.98 Å². The molecule has 0 aliphatic heterocycles. The number of hydrogen-bond acceptors (Lipinski definition) is 5. The molecule has 6 nitrogen and oxygen atoms in total. The fourth-order valence-corrected chi connectivity index (χ4v) is 1.55. The summed E-state index contributed by atoms with van der Waals surface area (Å²) in [5.74, 6) is 0.649. The lowest BCUT2D eigenvalue weighted by molar-refractivity contribution is -0.384. The summed E-state index contributed by atoms with van der Waals surface area (Å²) in [4.78, 5) is 18.0. The summed E-state index contributed by atoms with van der Waals surface area (Å²) in [6, 6.07) is 4.39. The number of rotatable bonds is 3. The van der Waals surface area contributed by atoms with Crippen molar-refractivity contribution in [2.24, 2.45) is 0 Å². The van der Waals surface area contributed by atoms with Gasteiger partial charge in [0.15, 0.2) is 0 Å². The maximum Gasteiger partial charge on any atom is 0.273 e. The topological polar surface area (TPSA) is 78.2 Å². The number of nitrogens with zero attached hydrogens (tertiary/aromatic N) is 3. The van der Waals surface area contributed by atoms with Crippen molar-refractivity contribution >= 4 is 17.3 Å². The van der Waals surface area contributed by atoms with E-state index in [4.69, 9.17) is 16.3 Å². The average molecular weight is 280 g/mol. The van der Waals surface area contributed by atoms with Crippen molar-refractivity contribution in [2.75, 3.05) is 0 Å². The van der Waals surface area contributed by atoms with Crippen molar-refractivity contribution in [1.82, 2.24) is 9.97 Å². The molecule has 0 saturated heterocycles. The summed E-state index contributed by atoms with van der Waals surface area (Å²) < 4.78 is 5.57. The van der Waals surface area contributed by atoms with Gasteiger partial charge in [0, 0.05) is 17.8 Å². The van der Waals surface area contributed by atoms with Crippen LogP contribution < -0.4 is 4.74 Å². The third kappa shape index (κ3) is 2.97. The van der Waals surface area contributed by atoms with E-state index < -0.39 is 4.92 Å². The van der Waals surface area contributed by atoms with Gasteiger partial charge < -0.3 is 4.74 Å². The molecule has 0 N–H and O–H groups in total. The van der Waals surface area contributed by atoms with E-state index in [-0.39, 0.29) is 16.9 Å². The number of ether oxygens (including phenoxy) is 1. The quantitative estimate of drug-likeness (QED) is 0.488. The molecular formula is C12H10ClN3O3. The molecular weight excluding hydrogens is 270 g/mol. The third-order valence-electron chi connectivity index (χ3n) is 2.49. The van der Waals surface area contributed by atoms with E-state index >= 15 is 0 Å². The summed E-state index contributed by atoms with van der Waals surface area (Å²) in [5.41, 5.74) is 1.41. The number of halogens is 1. The maximum absolute atomic E-state index is 10.7. The fraction of sp³-hybridized carbons (Fsp3) is 0.167. The second kappa shape index (κ2) is 5.19. The van der Waals surface area contributed by atoms with E-state index in [0.29, 0.717) is 11.3 Å². The third-order valence-corrected chi connectivity index (χ3v) is 2.67. The number of benzene rings is 1. The van der Waals surface area contributed by atoms with Gasteiger partial charge in [-0.15, -0.1) is 0 Å². The zero-order valence-corrected chi connectivity index (χ0v) is 11.0. The Bertz CT molecular complexity index is 646. The number of nitro benzene ring substituents is 1.